The molecule has 5 aromatic carbocycles. The van der Waals surface area contributed by atoms with Crippen LogP contribution in [-0.4, -0.2) is 25.9 Å². The molecule has 8 bridgehead atoms. The smallest absolute Gasteiger partial charge is 0.251 e. The van der Waals surface area contributed by atoms with Crippen molar-refractivity contribution in [2.75, 3.05) is 9.80 Å². The Bertz CT molecular complexity index is 2230. The van der Waals surface area contributed by atoms with Crippen LogP contribution in [0.15, 0.2) is 109 Å². The molecule has 0 radical (unpaired) electrons. The Morgan fingerprint density at radius 3 is 1.34 bits per heavy atom. The molecule has 260 valence electrons. The van der Waals surface area contributed by atoms with Gasteiger partial charge < -0.3 is 9.80 Å². The zero-order valence-electron chi connectivity index (χ0n) is 30.3. The molecule has 3 heterocycles. The number of halogens is 1. The average molecular weight is 723 g/mol. The van der Waals surface area contributed by atoms with Gasteiger partial charge in [0.1, 0.15) is 0 Å². The van der Waals surface area contributed by atoms with Crippen molar-refractivity contribution in [3.63, 3.8) is 0 Å². The number of hydrogen-bond acceptors (Lipinski definition) is 2. The lowest BCUT2D eigenvalue weighted by atomic mass is 9.33. The molecule has 5 heteroatoms. The number of rotatable bonds is 4. The van der Waals surface area contributed by atoms with Gasteiger partial charge in [0, 0.05) is 38.9 Å². The third-order valence-corrected chi connectivity index (χ3v) is 22.2. The van der Waals surface area contributed by atoms with E-state index in [0.717, 1.165) is 40.5 Å². The van der Waals surface area contributed by atoms with E-state index in [-0.39, 0.29) is 17.8 Å². The molecule has 0 aromatic heterocycles. The first kappa shape index (κ1) is 29.6. The summed E-state index contributed by atoms with van der Waals surface area (Å²) >= 11 is 7.47. The van der Waals surface area contributed by atoms with Crippen LogP contribution in [0.3, 0.4) is 0 Å². The molecule has 11 aliphatic rings. The fourth-order valence-corrected chi connectivity index (χ4v) is 21.6. The summed E-state index contributed by atoms with van der Waals surface area (Å²) in [4.78, 5) is 5.95. The third-order valence-electron chi connectivity index (χ3n) is 17.1. The zero-order valence-corrected chi connectivity index (χ0v) is 32.0. The van der Waals surface area contributed by atoms with Gasteiger partial charge in [0.25, 0.3) is 6.71 Å². The first-order valence-corrected chi connectivity index (χ1v) is 23.2. The van der Waals surface area contributed by atoms with Crippen LogP contribution in [-0.2, 0) is 0 Å². The molecule has 3 aliphatic heterocycles. The molecule has 8 saturated carbocycles. The second-order valence-corrected chi connectivity index (χ2v) is 23.5. The van der Waals surface area contributed by atoms with E-state index in [2.05, 4.69) is 119 Å². The first-order valence-electron chi connectivity index (χ1n) is 20.9. The van der Waals surface area contributed by atoms with Crippen molar-refractivity contribution in [2.24, 2.45) is 35.5 Å². The number of anilines is 4. The molecule has 4 atom stereocenters. The SMILES string of the molecule is Clc1cc2c3c(c1)N(C14CC5CC(C1)C(C5)C4)c1cccc4c1B3c1c(cccc1[Si]4(c1ccccc1)c1ccccc1)N2C12CC3CC(C1)C(C3)C2. The summed E-state index contributed by atoms with van der Waals surface area (Å²) in [7, 11) is -2.76. The lowest BCUT2D eigenvalue weighted by Crippen LogP contribution is -2.88. The van der Waals surface area contributed by atoms with Crippen LogP contribution < -0.4 is 46.9 Å². The standard InChI is InChI=1S/C48H44BClN2Si/c50-35-21-40-44-41(22-35)52(48-24-30-19-33(27-48)34(20-30)28-48)39-14-8-16-43-46(39)49(44)45-38(51(40)47-23-29-17-31(25-47)32(18-29)26-47)13-7-15-42(45)53(43,36-9-3-1-4-10-36)37-11-5-2-6-12-37/h1-16,21-22,29-34H,17-20,23-28H2. The Morgan fingerprint density at radius 1 is 0.491 bits per heavy atom. The van der Waals surface area contributed by atoms with E-state index in [1.807, 2.05) is 0 Å². The maximum atomic E-state index is 7.47. The summed E-state index contributed by atoms with van der Waals surface area (Å²) in [6.45, 7) is 0.216. The van der Waals surface area contributed by atoms with Crippen molar-refractivity contribution in [2.45, 2.75) is 75.3 Å². The summed E-state index contributed by atoms with van der Waals surface area (Å²) in [6.07, 6.45) is 13.8. The molecule has 0 N–H and O–H groups in total. The van der Waals surface area contributed by atoms with Gasteiger partial charge in [0.2, 0.25) is 0 Å². The van der Waals surface area contributed by atoms with Crippen molar-refractivity contribution in [1.29, 1.82) is 0 Å². The molecule has 8 aliphatic carbocycles. The van der Waals surface area contributed by atoms with Gasteiger partial charge in [-0.1, -0.05) is 96.5 Å². The van der Waals surface area contributed by atoms with Gasteiger partial charge in [0.05, 0.1) is 0 Å². The molecule has 2 nitrogen and oxygen atoms in total. The van der Waals surface area contributed by atoms with Crippen molar-refractivity contribution >= 4 is 86.3 Å². The Hall–Kier alpha value is -3.73. The van der Waals surface area contributed by atoms with E-state index < -0.39 is 8.07 Å². The number of benzene rings is 5. The van der Waals surface area contributed by atoms with Crippen molar-refractivity contribution in [3.8, 4) is 0 Å². The molecule has 5 aromatic rings. The Balaban J connectivity index is 1.15. The molecule has 16 rings (SSSR count). The molecule has 4 unspecified atom stereocenters. The highest BCUT2D eigenvalue weighted by atomic mass is 35.5. The number of hydrogen-bond donors (Lipinski definition) is 0. The van der Waals surface area contributed by atoms with E-state index in [1.165, 1.54) is 97.3 Å². The molecular weight excluding hydrogens is 679 g/mol. The topological polar surface area (TPSA) is 6.48 Å². The van der Waals surface area contributed by atoms with Gasteiger partial charge in [-0.3, -0.25) is 0 Å². The van der Waals surface area contributed by atoms with Crippen LogP contribution in [0.25, 0.3) is 0 Å². The van der Waals surface area contributed by atoms with E-state index in [0.29, 0.717) is 0 Å². The van der Waals surface area contributed by atoms with Crippen molar-refractivity contribution in [1.82, 2.24) is 0 Å². The fraction of sp³-hybridized carbons (Fsp3) is 0.375. The summed E-state index contributed by atoms with van der Waals surface area (Å²) in [5.41, 5.74) is 11.0. The Morgan fingerprint density at radius 2 is 0.925 bits per heavy atom. The van der Waals surface area contributed by atoms with E-state index in [9.17, 15) is 0 Å². The summed E-state index contributed by atoms with van der Waals surface area (Å²) < 4.78 is 0. The monoisotopic (exact) mass is 722 g/mol. The van der Waals surface area contributed by atoms with Crippen LogP contribution in [0.4, 0.5) is 22.7 Å². The van der Waals surface area contributed by atoms with Gasteiger partial charge in [-0.15, -0.1) is 0 Å². The Kier molecular flexibility index (Phi) is 5.44. The van der Waals surface area contributed by atoms with Gasteiger partial charge >= 0.3 is 0 Å². The maximum Gasteiger partial charge on any atom is 0.251 e. The second kappa shape index (κ2) is 9.73. The third kappa shape index (κ3) is 3.40. The minimum Gasteiger partial charge on any atom is -0.336 e. The summed E-state index contributed by atoms with van der Waals surface area (Å²) in [6, 6.07) is 43.5. The molecule has 0 saturated heterocycles. The van der Waals surface area contributed by atoms with Gasteiger partial charge in [-0.05, 0) is 161 Å². The lowest BCUT2D eigenvalue weighted by Gasteiger charge is -2.58. The quantitative estimate of drug-likeness (QED) is 0.189. The Labute approximate surface area is 319 Å². The molecule has 0 amide bonds. The molecule has 8 fully saturated rings. The lowest BCUT2D eigenvalue weighted by molar-refractivity contribution is 0.231. The fourth-order valence-electron chi connectivity index (χ4n) is 16.1. The maximum absolute atomic E-state index is 7.47. The highest BCUT2D eigenvalue weighted by Crippen LogP contribution is 2.66. The van der Waals surface area contributed by atoms with Crippen LogP contribution in [0.1, 0.15) is 64.2 Å². The molecule has 0 spiro atoms. The van der Waals surface area contributed by atoms with Crippen LogP contribution in [0.5, 0.6) is 0 Å². The minimum absolute atomic E-state index is 0.171. The van der Waals surface area contributed by atoms with Gasteiger partial charge in [-0.25, -0.2) is 0 Å². The van der Waals surface area contributed by atoms with Crippen LogP contribution >= 0.6 is 11.6 Å². The van der Waals surface area contributed by atoms with E-state index in [1.54, 1.807) is 26.8 Å². The second-order valence-electron chi connectivity index (χ2n) is 19.3. The summed E-state index contributed by atoms with van der Waals surface area (Å²) in [5.74, 6) is 5.28. The van der Waals surface area contributed by atoms with Crippen LogP contribution in [0.2, 0.25) is 5.02 Å². The molecule has 53 heavy (non-hydrogen) atoms. The highest BCUT2D eigenvalue weighted by Gasteiger charge is 2.65. The van der Waals surface area contributed by atoms with Crippen molar-refractivity contribution in [3.05, 3.63) is 114 Å². The highest BCUT2D eigenvalue weighted by molar-refractivity contribution is 7.27. The molecular formula is C48H44BClN2Si. The first-order chi connectivity index (χ1) is 26.0. The largest absolute Gasteiger partial charge is 0.336 e. The minimum atomic E-state index is -2.76. The zero-order chi connectivity index (χ0) is 34.4. The predicted molar refractivity (Wildman–Crippen MR) is 223 cm³/mol. The summed E-state index contributed by atoms with van der Waals surface area (Å²) in [5, 5.41) is 7.15. The van der Waals surface area contributed by atoms with Crippen LogP contribution in [0, 0.1) is 35.5 Å². The predicted octanol–water partition coefficient (Wildman–Crippen LogP) is 6.61. The van der Waals surface area contributed by atoms with E-state index in [4.69, 9.17) is 11.6 Å². The van der Waals surface area contributed by atoms with Gasteiger partial charge in [0.15, 0.2) is 8.07 Å². The van der Waals surface area contributed by atoms with Crippen molar-refractivity contribution < 1.29 is 0 Å². The average Bonchev–Trinajstić information content (AvgIpc) is 3.80. The normalized spacial score (nSPS) is 34.7. The number of nitrogens with zero attached hydrogens (tertiary/aromatic N) is 2. The van der Waals surface area contributed by atoms with E-state index >= 15 is 0 Å². The van der Waals surface area contributed by atoms with Gasteiger partial charge in [-0.2, -0.15) is 0 Å².